The van der Waals surface area contributed by atoms with Crippen LogP contribution >= 0.6 is 0 Å². The molecule has 54 heavy (non-hydrogen) atoms. The largest absolute Gasteiger partial charge is 0.383 e. The van der Waals surface area contributed by atoms with Crippen LogP contribution in [0.15, 0.2) is 42.4 Å². The first-order valence-electron chi connectivity index (χ1n) is 17.3. The molecule has 0 unspecified atom stereocenters. The monoisotopic (exact) mass is 742 g/mol. The van der Waals surface area contributed by atoms with Crippen molar-refractivity contribution in [2.75, 3.05) is 11.5 Å². The maximum atomic E-state index is 13.4. The molecular weight excluding hydrogens is 698 g/mol. The fourth-order valence-corrected chi connectivity index (χ4v) is 5.62. The molecule has 8 rings (SSSR count). The van der Waals surface area contributed by atoms with E-state index >= 15 is 0 Å². The van der Waals surface area contributed by atoms with E-state index in [9.17, 15) is 13.6 Å². The van der Waals surface area contributed by atoms with Crippen molar-refractivity contribution in [1.29, 1.82) is 0 Å². The Kier molecular flexibility index (Phi) is 11.7. The van der Waals surface area contributed by atoms with Crippen molar-refractivity contribution in [3.8, 4) is 0 Å². The van der Waals surface area contributed by atoms with E-state index in [2.05, 4.69) is 83.6 Å². The summed E-state index contributed by atoms with van der Waals surface area (Å²) in [5.74, 6) is 2.12. The average Bonchev–Trinajstić information content (AvgIpc) is 3.89. The number of imidazole rings is 3. The van der Waals surface area contributed by atoms with E-state index in [1.807, 2.05) is 50.5 Å². The van der Waals surface area contributed by atoms with Gasteiger partial charge in [0.25, 0.3) is 17.7 Å². The van der Waals surface area contributed by atoms with Crippen LogP contribution in [0.5, 0.6) is 0 Å². The lowest BCUT2D eigenvalue weighted by Crippen LogP contribution is -2.12. The number of hydrogen-bond acceptors (Lipinski definition) is 13. The maximum absolute atomic E-state index is 13.4. The van der Waals surface area contributed by atoms with Crippen LogP contribution in [0.25, 0.3) is 39.1 Å². The Hall–Kier alpha value is -6.27. The summed E-state index contributed by atoms with van der Waals surface area (Å²) in [6.45, 7) is 17.9. The van der Waals surface area contributed by atoms with Crippen LogP contribution in [0.2, 0.25) is 0 Å². The number of anilines is 2. The molecule has 0 atom stereocenters. The molecule has 284 valence electrons. The molecule has 0 radical (unpaired) electrons. The van der Waals surface area contributed by atoms with Gasteiger partial charge in [0.15, 0.2) is 33.8 Å². The SMILES string of the molecule is CC(C)C1=CCc2c(N)ncnc21.CC(C)n1c(F)nc2c(N)ncnc21.CC(C)n1cnc2c(=O)[nH]c(F)nc21.Cc1ncc2ncn(C(C)C)c2n1. The van der Waals surface area contributed by atoms with Gasteiger partial charge in [0.1, 0.15) is 29.8 Å². The van der Waals surface area contributed by atoms with E-state index in [0.717, 1.165) is 34.7 Å². The second-order valence-corrected chi connectivity index (χ2v) is 13.5. The number of nitrogen functional groups attached to an aromatic ring is 2. The second kappa shape index (κ2) is 16.2. The standard InChI is InChI=1S/C10H13N3.C9H12N4.C8H10FN5.C8H9FN4O/c1-6(2)7-3-4-8-9(7)12-5-13-10(8)11;1-6(2)13-5-11-8-4-10-7(3)12-9(8)13;1-4(2)14-7-5(13-8(14)9)6(10)11-3-12-7;1-4(2)13-3-10-5-6(13)11-8(9)12-7(5)14/h3,5-6H,4H2,1-2H3,(H2,11,12,13);4-6H,1-3H3;3-4H,1-2H3,(H2,10,11,12);3-4H,1-2H3,(H,11,12,14). The molecule has 5 N–H and O–H groups in total. The van der Waals surface area contributed by atoms with Crippen LogP contribution in [0.3, 0.4) is 0 Å². The summed E-state index contributed by atoms with van der Waals surface area (Å²) in [6.07, 6.45) is 9.51. The zero-order valence-corrected chi connectivity index (χ0v) is 31.6. The molecule has 0 bridgehead atoms. The lowest BCUT2D eigenvalue weighted by atomic mass is 10.0. The van der Waals surface area contributed by atoms with Gasteiger partial charge in [-0.25, -0.2) is 39.9 Å². The molecule has 19 heteroatoms. The number of H-pyrrole nitrogens is 1. The Labute approximate surface area is 309 Å². The van der Waals surface area contributed by atoms with Crippen molar-refractivity contribution in [3.63, 3.8) is 0 Å². The van der Waals surface area contributed by atoms with Gasteiger partial charge in [0.05, 0.1) is 24.5 Å². The van der Waals surface area contributed by atoms with E-state index in [-0.39, 0.29) is 29.1 Å². The molecule has 0 spiro atoms. The topological polar surface area (TPSA) is 229 Å². The summed E-state index contributed by atoms with van der Waals surface area (Å²) >= 11 is 0. The van der Waals surface area contributed by atoms with Crippen molar-refractivity contribution in [2.24, 2.45) is 5.92 Å². The van der Waals surface area contributed by atoms with E-state index in [4.69, 9.17) is 11.5 Å². The normalized spacial score (nSPS) is 12.2. The molecule has 7 aromatic heterocycles. The minimum Gasteiger partial charge on any atom is -0.383 e. The highest BCUT2D eigenvalue weighted by Gasteiger charge is 2.20. The van der Waals surface area contributed by atoms with Gasteiger partial charge >= 0.3 is 0 Å². The van der Waals surface area contributed by atoms with E-state index in [0.29, 0.717) is 28.9 Å². The first-order chi connectivity index (χ1) is 25.6. The van der Waals surface area contributed by atoms with Crippen LogP contribution in [0, 0.1) is 25.0 Å². The quantitative estimate of drug-likeness (QED) is 0.153. The predicted molar refractivity (Wildman–Crippen MR) is 202 cm³/mol. The number of allylic oxidation sites excluding steroid dienone is 2. The van der Waals surface area contributed by atoms with Crippen molar-refractivity contribution in [1.82, 2.24) is 68.5 Å². The maximum Gasteiger partial charge on any atom is 0.291 e. The summed E-state index contributed by atoms with van der Waals surface area (Å²) in [7, 11) is 0. The molecule has 0 amide bonds. The summed E-state index contributed by atoms with van der Waals surface area (Å²) < 4.78 is 31.2. The van der Waals surface area contributed by atoms with Gasteiger partial charge in [-0.1, -0.05) is 19.9 Å². The van der Waals surface area contributed by atoms with Crippen LogP contribution in [-0.2, 0) is 6.42 Å². The third-order valence-electron chi connectivity index (χ3n) is 8.33. The van der Waals surface area contributed by atoms with Crippen LogP contribution in [0.4, 0.5) is 20.4 Å². The second-order valence-electron chi connectivity index (χ2n) is 13.5. The fraction of sp³-hybridized carbons (Fsp3) is 0.400. The van der Waals surface area contributed by atoms with Gasteiger partial charge in [0, 0.05) is 23.7 Å². The average molecular weight is 743 g/mol. The number of nitrogens with two attached hydrogens (primary N) is 2. The Balaban J connectivity index is 0.000000139. The van der Waals surface area contributed by atoms with E-state index < -0.39 is 17.7 Å². The summed E-state index contributed by atoms with van der Waals surface area (Å²) in [4.78, 5) is 52.9. The van der Waals surface area contributed by atoms with Gasteiger partial charge in [-0.15, -0.1) is 0 Å². The molecular formula is C35H44F2N16O. The molecule has 1 aliphatic rings. The van der Waals surface area contributed by atoms with E-state index in [1.165, 1.54) is 29.1 Å². The highest BCUT2D eigenvalue weighted by molar-refractivity contribution is 5.81. The first-order valence-corrected chi connectivity index (χ1v) is 17.3. The predicted octanol–water partition coefficient (Wildman–Crippen LogP) is 5.34. The number of rotatable bonds is 4. The number of halogens is 2. The molecule has 7 aromatic rings. The smallest absolute Gasteiger partial charge is 0.291 e. The Morgan fingerprint density at radius 2 is 1.37 bits per heavy atom. The summed E-state index contributed by atoms with van der Waals surface area (Å²) in [6, 6.07) is 0.433. The Morgan fingerprint density at radius 1 is 0.722 bits per heavy atom. The lowest BCUT2D eigenvalue weighted by Gasteiger charge is -2.08. The number of hydrogen-bond donors (Lipinski definition) is 3. The fourth-order valence-electron chi connectivity index (χ4n) is 5.62. The summed E-state index contributed by atoms with van der Waals surface area (Å²) in [5.41, 5.74) is 17.2. The van der Waals surface area contributed by atoms with Gasteiger partial charge in [0.2, 0.25) is 0 Å². The highest BCUT2D eigenvalue weighted by Crippen LogP contribution is 2.32. The first kappa shape index (κ1) is 38.9. The third-order valence-corrected chi connectivity index (χ3v) is 8.33. The summed E-state index contributed by atoms with van der Waals surface area (Å²) in [5, 5.41) is 0. The molecule has 0 aliphatic heterocycles. The van der Waals surface area contributed by atoms with Crippen LogP contribution in [0.1, 0.15) is 90.6 Å². The zero-order chi connectivity index (χ0) is 39.4. The number of fused-ring (bicyclic) bond motifs is 4. The van der Waals surface area contributed by atoms with Gasteiger partial charge < -0.3 is 20.6 Å². The van der Waals surface area contributed by atoms with Gasteiger partial charge in [-0.2, -0.15) is 18.7 Å². The number of nitrogens with one attached hydrogen (secondary N) is 1. The van der Waals surface area contributed by atoms with Crippen molar-refractivity contribution in [3.05, 3.63) is 77.2 Å². The molecule has 1 aliphatic carbocycles. The molecule has 0 fully saturated rings. The Bertz CT molecular complexity index is 2490. The van der Waals surface area contributed by atoms with Crippen molar-refractivity contribution >= 4 is 50.7 Å². The minimum absolute atomic E-state index is 0.0469. The number of nitrogens with zero attached hydrogens (tertiary/aromatic N) is 13. The number of aryl methyl sites for hydroxylation is 1. The van der Waals surface area contributed by atoms with E-state index in [1.54, 1.807) is 10.8 Å². The molecule has 0 aromatic carbocycles. The molecule has 7 heterocycles. The minimum atomic E-state index is -0.884. The molecule has 17 nitrogen and oxygen atoms in total. The Morgan fingerprint density at radius 3 is 2.04 bits per heavy atom. The van der Waals surface area contributed by atoms with Gasteiger partial charge in [-0.05, 0) is 66.4 Å². The molecule has 0 saturated heterocycles. The molecule has 0 saturated carbocycles. The van der Waals surface area contributed by atoms with Crippen LogP contribution in [-0.4, -0.2) is 68.5 Å². The third kappa shape index (κ3) is 8.18. The van der Waals surface area contributed by atoms with Gasteiger partial charge in [-0.3, -0.25) is 14.3 Å². The van der Waals surface area contributed by atoms with Crippen LogP contribution < -0.4 is 17.0 Å². The highest BCUT2D eigenvalue weighted by atomic mass is 19.1. The van der Waals surface area contributed by atoms with Crippen molar-refractivity contribution in [2.45, 2.75) is 86.9 Å². The number of aromatic nitrogens is 14. The zero-order valence-electron chi connectivity index (χ0n) is 31.6. The number of aromatic amines is 1. The van der Waals surface area contributed by atoms with Crippen molar-refractivity contribution < 1.29 is 8.78 Å². The lowest BCUT2D eigenvalue weighted by molar-refractivity contribution is 0.442.